The normalized spacial score (nSPS) is 15.8. The van der Waals surface area contributed by atoms with Crippen LogP contribution in [0.15, 0.2) is 30.5 Å². The van der Waals surface area contributed by atoms with E-state index in [-0.39, 0.29) is 5.97 Å². The molecule has 0 unspecified atom stereocenters. The lowest BCUT2D eigenvalue weighted by molar-refractivity contribution is 0.0535. The molecule has 4 rings (SSSR count). The molecule has 1 saturated carbocycles. The molecule has 1 aromatic heterocycles. The summed E-state index contributed by atoms with van der Waals surface area (Å²) in [6, 6.07) is 10.1. The summed E-state index contributed by atoms with van der Waals surface area (Å²) >= 11 is 0. The van der Waals surface area contributed by atoms with Crippen molar-refractivity contribution in [2.75, 3.05) is 11.9 Å². The predicted octanol–water partition coefficient (Wildman–Crippen LogP) is 4.25. The van der Waals surface area contributed by atoms with Crippen LogP contribution in [0.25, 0.3) is 0 Å². The van der Waals surface area contributed by atoms with Crippen molar-refractivity contribution < 1.29 is 9.53 Å². The molecule has 6 nitrogen and oxygen atoms in total. The van der Waals surface area contributed by atoms with E-state index < -0.39 is 0 Å². The van der Waals surface area contributed by atoms with Gasteiger partial charge in [-0.15, -0.1) is 0 Å². The molecule has 2 aromatic rings. The van der Waals surface area contributed by atoms with Gasteiger partial charge in [0, 0.05) is 17.8 Å². The van der Waals surface area contributed by atoms with Gasteiger partial charge in [0.2, 0.25) is 0 Å². The molecule has 0 bridgehead atoms. The number of benzene rings is 1. The molecule has 2 heterocycles. The van der Waals surface area contributed by atoms with E-state index in [4.69, 9.17) is 15.7 Å². The number of cyclic esters (lactones) is 1. The van der Waals surface area contributed by atoms with Gasteiger partial charge in [0.1, 0.15) is 18.5 Å². The topological polar surface area (TPSA) is 101 Å². The van der Waals surface area contributed by atoms with Gasteiger partial charge in [0.05, 0.1) is 11.1 Å². The smallest absolute Gasteiger partial charge is 0.338 e. The van der Waals surface area contributed by atoms with Crippen LogP contribution < -0.4 is 11.1 Å². The molecule has 3 N–H and O–H groups in total. The Bertz CT molecular complexity index is 895. The second-order valence-corrected chi connectivity index (χ2v) is 7.87. The van der Waals surface area contributed by atoms with E-state index in [1.807, 2.05) is 31.2 Å². The monoisotopic (exact) mass is 406 g/mol. The molecule has 6 heteroatoms. The summed E-state index contributed by atoms with van der Waals surface area (Å²) in [5.41, 5.74) is 10.2. The first-order valence-electron chi connectivity index (χ1n) is 10.7. The Balaban J connectivity index is 0.000000172. The molecular weight excluding hydrogens is 376 g/mol. The number of nitrogens with one attached hydrogen (secondary N) is 1. The minimum atomic E-state index is -0.206. The molecule has 158 valence electrons. The minimum Gasteiger partial charge on any atom is -0.457 e. The Morgan fingerprint density at radius 1 is 1.20 bits per heavy atom. The first kappa shape index (κ1) is 21.8. The van der Waals surface area contributed by atoms with Crippen LogP contribution in [0, 0.1) is 18.3 Å². The fourth-order valence-electron chi connectivity index (χ4n) is 4.00. The zero-order chi connectivity index (χ0) is 21.3. The number of hydrogen-bond donors (Lipinski definition) is 2. The number of rotatable bonds is 4. The fourth-order valence-corrected chi connectivity index (χ4v) is 4.00. The van der Waals surface area contributed by atoms with Crippen LogP contribution in [0.2, 0.25) is 0 Å². The van der Waals surface area contributed by atoms with Gasteiger partial charge in [-0.25, -0.2) is 9.78 Å². The number of anilines is 1. The largest absolute Gasteiger partial charge is 0.457 e. The van der Waals surface area contributed by atoms with E-state index in [0.717, 1.165) is 23.4 Å². The Kier molecular flexibility index (Phi) is 7.81. The van der Waals surface area contributed by atoms with E-state index >= 15 is 0 Å². The number of fused-ring (bicyclic) bond motifs is 1. The number of nitriles is 1. The Labute approximate surface area is 178 Å². The number of nitrogens with two attached hydrogens (primary N) is 1. The van der Waals surface area contributed by atoms with E-state index in [1.54, 1.807) is 6.20 Å². The summed E-state index contributed by atoms with van der Waals surface area (Å²) in [6.07, 6.45) is 10.3. The summed E-state index contributed by atoms with van der Waals surface area (Å²) in [4.78, 5) is 15.5. The zero-order valence-corrected chi connectivity index (χ0v) is 17.6. The maximum Gasteiger partial charge on any atom is 0.338 e. The summed E-state index contributed by atoms with van der Waals surface area (Å²) < 4.78 is 4.97. The maximum atomic E-state index is 11.2. The zero-order valence-electron chi connectivity index (χ0n) is 17.6. The standard InChI is InChI=1S/C13H17N3.C11H13NO2/c14-9-11-7-8-13(15-10-11)16-12-5-3-1-2-4-6-12;1-7-8(4-5-12)2-3-9-10(7)6-14-11(9)13/h7-8,10,12H,1-6H2,(H,15,16);2-3H,4-6,12H2,1H3. The number of nitrogens with zero attached hydrogens (tertiary/aromatic N) is 2. The van der Waals surface area contributed by atoms with Gasteiger partial charge in [-0.05, 0) is 62.1 Å². The molecule has 0 atom stereocenters. The van der Waals surface area contributed by atoms with Gasteiger partial charge in [-0.2, -0.15) is 5.26 Å². The number of aromatic nitrogens is 1. The van der Waals surface area contributed by atoms with Crippen LogP contribution in [-0.2, 0) is 17.8 Å². The second-order valence-electron chi connectivity index (χ2n) is 7.87. The van der Waals surface area contributed by atoms with Gasteiger partial charge in [0.15, 0.2) is 0 Å². The highest BCUT2D eigenvalue weighted by Crippen LogP contribution is 2.26. The highest BCUT2D eigenvalue weighted by molar-refractivity contribution is 5.93. The lowest BCUT2D eigenvalue weighted by Gasteiger charge is -2.16. The highest BCUT2D eigenvalue weighted by Gasteiger charge is 2.23. The second kappa shape index (κ2) is 10.7. The van der Waals surface area contributed by atoms with E-state index in [2.05, 4.69) is 16.4 Å². The van der Waals surface area contributed by atoms with Gasteiger partial charge in [-0.1, -0.05) is 31.7 Å². The third-order valence-electron chi connectivity index (χ3n) is 5.79. The molecule has 0 saturated heterocycles. The molecule has 0 spiro atoms. The first-order valence-corrected chi connectivity index (χ1v) is 10.7. The summed E-state index contributed by atoms with van der Waals surface area (Å²) in [6.45, 7) is 3.07. The Morgan fingerprint density at radius 3 is 2.60 bits per heavy atom. The minimum absolute atomic E-state index is 0.206. The van der Waals surface area contributed by atoms with Crippen LogP contribution in [-0.4, -0.2) is 23.5 Å². The van der Waals surface area contributed by atoms with Crippen molar-refractivity contribution in [1.82, 2.24) is 4.98 Å². The highest BCUT2D eigenvalue weighted by atomic mass is 16.5. The number of esters is 1. The molecule has 0 amide bonds. The third kappa shape index (κ3) is 5.58. The SMILES string of the molecule is Cc1c(CCN)ccc2c1COC2=O.N#Cc1ccc(NC2CCCCCC2)nc1. The first-order chi connectivity index (χ1) is 14.6. The third-order valence-corrected chi connectivity index (χ3v) is 5.79. The van der Waals surface area contributed by atoms with Crippen molar-refractivity contribution >= 4 is 11.8 Å². The van der Waals surface area contributed by atoms with Crippen molar-refractivity contribution in [3.05, 3.63) is 58.3 Å². The molecule has 1 fully saturated rings. The lowest BCUT2D eigenvalue weighted by Crippen LogP contribution is -2.18. The van der Waals surface area contributed by atoms with Gasteiger partial charge in [0.25, 0.3) is 0 Å². The average Bonchev–Trinajstić information content (AvgIpc) is 2.97. The molecule has 2 aliphatic rings. The van der Waals surface area contributed by atoms with Gasteiger partial charge in [-0.3, -0.25) is 0 Å². The molecule has 1 aliphatic carbocycles. The van der Waals surface area contributed by atoms with E-state index in [0.29, 0.717) is 30.3 Å². The molecule has 1 aliphatic heterocycles. The predicted molar refractivity (Wildman–Crippen MR) is 117 cm³/mol. The lowest BCUT2D eigenvalue weighted by atomic mass is 9.97. The molecule has 0 radical (unpaired) electrons. The number of pyridine rings is 1. The number of carbonyl (C=O) groups excluding carboxylic acids is 1. The van der Waals surface area contributed by atoms with Crippen molar-refractivity contribution in [1.29, 1.82) is 5.26 Å². The number of hydrogen-bond acceptors (Lipinski definition) is 6. The quantitative estimate of drug-likeness (QED) is 0.581. The van der Waals surface area contributed by atoms with Crippen LogP contribution in [0.4, 0.5) is 5.82 Å². The van der Waals surface area contributed by atoms with Crippen molar-refractivity contribution in [2.24, 2.45) is 5.73 Å². The number of carbonyl (C=O) groups is 1. The fraction of sp³-hybridized carbons (Fsp3) is 0.458. The Morgan fingerprint density at radius 2 is 1.97 bits per heavy atom. The number of ether oxygens (including phenoxy) is 1. The summed E-state index contributed by atoms with van der Waals surface area (Å²) in [5, 5.41) is 12.1. The van der Waals surface area contributed by atoms with Gasteiger partial charge < -0.3 is 15.8 Å². The summed E-state index contributed by atoms with van der Waals surface area (Å²) in [5.74, 6) is 0.688. The van der Waals surface area contributed by atoms with Gasteiger partial charge >= 0.3 is 5.97 Å². The molecular formula is C24H30N4O2. The summed E-state index contributed by atoms with van der Waals surface area (Å²) in [7, 11) is 0. The molecule has 30 heavy (non-hydrogen) atoms. The van der Waals surface area contributed by atoms with Crippen molar-refractivity contribution in [3.63, 3.8) is 0 Å². The van der Waals surface area contributed by atoms with E-state index in [9.17, 15) is 4.79 Å². The van der Waals surface area contributed by atoms with Crippen LogP contribution in [0.5, 0.6) is 0 Å². The molecule has 1 aromatic carbocycles. The maximum absolute atomic E-state index is 11.2. The van der Waals surface area contributed by atoms with E-state index in [1.165, 1.54) is 44.1 Å². The van der Waals surface area contributed by atoms with Crippen LogP contribution in [0.1, 0.15) is 71.1 Å². The van der Waals surface area contributed by atoms with Crippen molar-refractivity contribution in [2.45, 2.75) is 64.5 Å². The van der Waals surface area contributed by atoms with Crippen LogP contribution >= 0.6 is 0 Å². The Hall–Kier alpha value is -2.91. The van der Waals surface area contributed by atoms with Crippen LogP contribution in [0.3, 0.4) is 0 Å². The average molecular weight is 407 g/mol. The van der Waals surface area contributed by atoms with Crippen molar-refractivity contribution in [3.8, 4) is 6.07 Å².